The summed E-state index contributed by atoms with van der Waals surface area (Å²) in [5.74, 6) is -0.0816. The molecule has 2 aromatic heterocycles. The van der Waals surface area contributed by atoms with E-state index < -0.39 is 0 Å². The minimum Gasteiger partial charge on any atom is -0.337 e. The summed E-state index contributed by atoms with van der Waals surface area (Å²) in [6.07, 6.45) is 6.70. The first-order valence-electron chi connectivity index (χ1n) is 8.52. The molecule has 134 valence electrons. The van der Waals surface area contributed by atoms with Gasteiger partial charge in [-0.15, -0.1) is 10.2 Å². The Morgan fingerprint density at radius 3 is 2.63 bits per heavy atom. The van der Waals surface area contributed by atoms with E-state index in [1.807, 2.05) is 66.2 Å². The van der Waals surface area contributed by atoms with E-state index in [9.17, 15) is 4.79 Å². The van der Waals surface area contributed by atoms with E-state index in [1.54, 1.807) is 6.21 Å². The van der Waals surface area contributed by atoms with Gasteiger partial charge >= 0.3 is 0 Å². The Kier molecular flexibility index (Phi) is 4.49. The molecule has 0 atom stereocenters. The fourth-order valence-corrected chi connectivity index (χ4v) is 2.88. The molecule has 0 saturated heterocycles. The van der Waals surface area contributed by atoms with Crippen LogP contribution in [0.4, 0.5) is 5.69 Å². The highest BCUT2D eigenvalue weighted by atomic mass is 16.1. The first-order chi connectivity index (χ1) is 13.2. The Morgan fingerprint density at radius 2 is 1.85 bits per heavy atom. The zero-order valence-corrected chi connectivity index (χ0v) is 14.8. The maximum Gasteiger partial charge on any atom is 0.244 e. The van der Waals surface area contributed by atoms with Crippen LogP contribution in [-0.4, -0.2) is 31.6 Å². The standard InChI is InChI=1S/C20H18N6O/c1-15-6-8-17(9-7-15)24-20(27)12-25-11-16(10-23-26-13-21-22-14-26)18-4-2-3-5-19(18)25/h2-11,13-14H,12H2,1H3,(H,24,27)/b23-10+. The van der Waals surface area contributed by atoms with E-state index >= 15 is 0 Å². The van der Waals surface area contributed by atoms with Gasteiger partial charge in [0.05, 0.1) is 6.21 Å². The first-order valence-corrected chi connectivity index (χ1v) is 8.52. The number of hydrogen-bond donors (Lipinski definition) is 1. The van der Waals surface area contributed by atoms with Crippen LogP contribution in [0.15, 0.2) is 72.5 Å². The zero-order valence-electron chi connectivity index (χ0n) is 14.8. The van der Waals surface area contributed by atoms with Crippen LogP contribution in [0, 0.1) is 6.92 Å². The number of nitrogens with zero attached hydrogens (tertiary/aromatic N) is 5. The Morgan fingerprint density at radius 1 is 1.11 bits per heavy atom. The van der Waals surface area contributed by atoms with Crippen molar-refractivity contribution in [2.24, 2.45) is 5.10 Å². The highest BCUT2D eigenvalue weighted by Gasteiger charge is 2.10. The Bertz CT molecular complexity index is 1090. The van der Waals surface area contributed by atoms with Gasteiger partial charge in [0.15, 0.2) is 0 Å². The summed E-state index contributed by atoms with van der Waals surface area (Å²) < 4.78 is 3.45. The number of amides is 1. The number of rotatable bonds is 5. The van der Waals surface area contributed by atoms with Crippen molar-refractivity contribution in [2.45, 2.75) is 13.5 Å². The van der Waals surface area contributed by atoms with Gasteiger partial charge in [0.25, 0.3) is 0 Å². The monoisotopic (exact) mass is 358 g/mol. The predicted molar refractivity (Wildman–Crippen MR) is 105 cm³/mol. The van der Waals surface area contributed by atoms with Gasteiger partial charge in [-0.3, -0.25) is 4.79 Å². The molecule has 0 radical (unpaired) electrons. The Balaban J connectivity index is 1.58. The third-order valence-corrected chi connectivity index (χ3v) is 4.21. The van der Waals surface area contributed by atoms with Gasteiger partial charge in [-0.25, -0.2) is 4.68 Å². The predicted octanol–water partition coefficient (Wildman–Crippen LogP) is 3.06. The van der Waals surface area contributed by atoms with Gasteiger partial charge in [-0.2, -0.15) is 5.10 Å². The average Bonchev–Trinajstić information content (AvgIpc) is 3.30. The Hall–Kier alpha value is -3.74. The molecule has 1 amide bonds. The number of carbonyl (C=O) groups is 1. The molecule has 1 N–H and O–H groups in total. The molecule has 27 heavy (non-hydrogen) atoms. The fraction of sp³-hybridized carbons (Fsp3) is 0.100. The highest BCUT2D eigenvalue weighted by molar-refractivity contribution is 6.00. The van der Waals surface area contributed by atoms with Crippen LogP contribution in [0.5, 0.6) is 0 Å². The van der Waals surface area contributed by atoms with Crippen molar-refractivity contribution in [2.75, 3.05) is 5.32 Å². The lowest BCUT2D eigenvalue weighted by molar-refractivity contribution is -0.116. The van der Waals surface area contributed by atoms with Gasteiger partial charge < -0.3 is 9.88 Å². The third-order valence-electron chi connectivity index (χ3n) is 4.21. The molecule has 0 aliphatic heterocycles. The van der Waals surface area contributed by atoms with Crippen LogP contribution >= 0.6 is 0 Å². The second kappa shape index (κ2) is 7.25. The second-order valence-corrected chi connectivity index (χ2v) is 6.23. The molecule has 0 fully saturated rings. The number of aromatic nitrogens is 4. The van der Waals surface area contributed by atoms with Crippen molar-refractivity contribution in [3.8, 4) is 0 Å². The number of hydrogen-bond acceptors (Lipinski definition) is 4. The third kappa shape index (κ3) is 3.77. The van der Waals surface area contributed by atoms with Crippen LogP contribution in [-0.2, 0) is 11.3 Å². The van der Waals surface area contributed by atoms with Gasteiger partial charge in [0.1, 0.15) is 19.2 Å². The van der Waals surface area contributed by atoms with Gasteiger partial charge in [0.2, 0.25) is 5.91 Å². The lowest BCUT2D eigenvalue weighted by Crippen LogP contribution is -2.18. The van der Waals surface area contributed by atoms with E-state index in [0.717, 1.165) is 27.7 Å². The van der Waals surface area contributed by atoms with E-state index in [2.05, 4.69) is 20.6 Å². The maximum atomic E-state index is 12.5. The average molecular weight is 358 g/mol. The van der Waals surface area contributed by atoms with Crippen LogP contribution in [0.2, 0.25) is 0 Å². The summed E-state index contributed by atoms with van der Waals surface area (Å²) in [5, 5.41) is 15.7. The SMILES string of the molecule is Cc1ccc(NC(=O)Cn2cc(/C=N/n3cnnc3)c3ccccc32)cc1. The number of nitrogens with one attached hydrogen (secondary N) is 1. The molecule has 0 unspecified atom stereocenters. The van der Waals surface area contributed by atoms with Crippen LogP contribution in [0.25, 0.3) is 10.9 Å². The van der Waals surface area contributed by atoms with Gasteiger partial charge in [0, 0.05) is 28.4 Å². The summed E-state index contributed by atoms with van der Waals surface area (Å²) in [6.45, 7) is 2.23. The summed E-state index contributed by atoms with van der Waals surface area (Å²) in [5.41, 5.74) is 3.84. The number of aryl methyl sites for hydroxylation is 1. The van der Waals surface area contributed by atoms with Crippen molar-refractivity contribution in [3.63, 3.8) is 0 Å². The molecular formula is C20H18N6O. The zero-order chi connectivity index (χ0) is 18.6. The fourth-order valence-electron chi connectivity index (χ4n) is 2.88. The molecule has 0 aliphatic carbocycles. The van der Waals surface area contributed by atoms with Crippen molar-refractivity contribution < 1.29 is 4.79 Å². The van der Waals surface area contributed by atoms with Crippen LogP contribution < -0.4 is 5.32 Å². The molecule has 7 heteroatoms. The normalized spacial score (nSPS) is 11.3. The molecule has 4 aromatic rings. The first kappa shape index (κ1) is 16.7. The summed E-state index contributed by atoms with van der Waals surface area (Å²) in [6, 6.07) is 15.7. The van der Waals surface area contributed by atoms with Gasteiger partial charge in [-0.05, 0) is 25.1 Å². The molecule has 0 aliphatic rings. The molecule has 2 heterocycles. The molecule has 0 bridgehead atoms. The minimum absolute atomic E-state index is 0.0816. The van der Waals surface area contributed by atoms with Crippen LogP contribution in [0.3, 0.4) is 0 Å². The van der Waals surface area contributed by atoms with E-state index in [1.165, 1.54) is 17.3 Å². The topological polar surface area (TPSA) is 77.1 Å². The van der Waals surface area contributed by atoms with Crippen molar-refractivity contribution >= 4 is 28.7 Å². The van der Waals surface area contributed by atoms with E-state index in [0.29, 0.717) is 0 Å². The molecular weight excluding hydrogens is 340 g/mol. The summed E-state index contributed by atoms with van der Waals surface area (Å²) in [4.78, 5) is 12.5. The van der Waals surface area contributed by atoms with Crippen molar-refractivity contribution in [1.29, 1.82) is 0 Å². The Labute approximate surface area is 156 Å². The molecule has 2 aromatic carbocycles. The van der Waals surface area contributed by atoms with Crippen molar-refractivity contribution in [1.82, 2.24) is 19.4 Å². The summed E-state index contributed by atoms with van der Waals surface area (Å²) >= 11 is 0. The number of benzene rings is 2. The number of anilines is 1. The molecule has 4 rings (SSSR count). The molecule has 0 saturated carbocycles. The second-order valence-electron chi connectivity index (χ2n) is 6.23. The van der Waals surface area contributed by atoms with Crippen LogP contribution in [0.1, 0.15) is 11.1 Å². The summed E-state index contributed by atoms with van der Waals surface area (Å²) in [7, 11) is 0. The minimum atomic E-state index is -0.0816. The van der Waals surface area contributed by atoms with E-state index in [4.69, 9.17) is 0 Å². The molecule has 7 nitrogen and oxygen atoms in total. The molecule has 0 spiro atoms. The highest BCUT2D eigenvalue weighted by Crippen LogP contribution is 2.20. The smallest absolute Gasteiger partial charge is 0.244 e. The lowest BCUT2D eigenvalue weighted by Gasteiger charge is -2.07. The van der Waals surface area contributed by atoms with Gasteiger partial charge in [-0.1, -0.05) is 35.9 Å². The largest absolute Gasteiger partial charge is 0.337 e. The number of para-hydroxylation sites is 1. The van der Waals surface area contributed by atoms with E-state index in [-0.39, 0.29) is 12.5 Å². The number of fused-ring (bicyclic) bond motifs is 1. The number of carbonyl (C=O) groups excluding carboxylic acids is 1. The maximum absolute atomic E-state index is 12.5. The lowest BCUT2D eigenvalue weighted by atomic mass is 10.2. The quantitative estimate of drug-likeness (QED) is 0.557. The van der Waals surface area contributed by atoms with Crippen molar-refractivity contribution in [3.05, 3.63) is 78.5 Å².